The van der Waals surface area contributed by atoms with E-state index in [2.05, 4.69) is 4.99 Å². The molecule has 1 N–H and O–H groups in total. The zero-order valence-corrected chi connectivity index (χ0v) is 22.0. The van der Waals surface area contributed by atoms with E-state index < -0.39 is 24.6 Å². The first-order chi connectivity index (χ1) is 18.3. The lowest BCUT2D eigenvalue weighted by atomic mass is 9.95. The number of hydrogen-bond donors (Lipinski definition) is 1. The maximum atomic E-state index is 13.8. The third-order valence-corrected chi connectivity index (χ3v) is 6.74. The number of nitrogens with zero attached hydrogens (tertiary/aromatic N) is 2. The van der Waals surface area contributed by atoms with Crippen LogP contribution < -0.4 is 29.1 Å². The molecule has 0 fully saturated rings. The SMILES string of the molecule is CCOC(=O)C1=C(C)N=c2s/c(=C\c3cccc(OCC(=O)O)c3)c(=O)n2[C@H]1c1ccc(OC)c(OC)c1. The standard InChI is InChI=1S/C27H26N2O8S/c1-5-36-26(33)23-15(2)28-27-29(24(23)17-9-10-19(34-3)20(13-17)35-4)25(32)21(38-27)12-16-7-6-8-18(11-16)37-14-22(30)31/h6-13,24H,5,14H2,1-4H3,(H,30,31)/b21-12-/t24-/m0/s1. The molecule has 0 saturated heterocycles. The number of carboxylic acid groups (broad SMARTS) is 1. The molecule has 0 amide bonds. The van der Waals surface area contributed by atoms with Gasteiger partial charge in [0.05, 0.1) is 42.7 Å². The van der Waals surface area contributed by atoms with Gasteiger partial charge in [-0.1, -0.05) is 29.5 Å². The van der Waals surface area contributed by atoms with E-state index >= 15 is 0 Å². The number of allylic oxidation sites excluding steroid dienone is 1. The number of ether oxygens (including phenoxy) is 4. The summed E-state index contributed by atoms with van der Waals surface area (Å²) in [6.45, 7) is 3.11. The minimum absolute atomic E-state index is 0.166. The maximum absolute atomic E-state index is 13.8. The summed E-state index contributed by atoms with van der Waals surface area (Å²) < 4.78 is 23.3. The second kappa shape index (κ2) is 11.3. The van der Waals surface area contributed by atoms with E-state index in [1.165, 1.54) is 30.1 Å². The van der Waals surface area contributed by atoms with Gasteiger partial charge in [-0.25, -0.2) is 14.6 Å². The van der Waals surface area contributed by atoms with Crippen LogP contribution in [0.3, 0.4) is 0 Å². The number of esters is 1. The monoisotopic (exact) mass is 538 g/mol. The zero-order valence-electron chi connectivity index (χ0n) is 21.2. The topological polar surface area (TPSA) is 126 Å². The van der Waals surface area contributed by atoms with Crippen LogP contribution in [0.1, 0.15) is 31.0 Å². The van der Waals surface area contributed by atoms with Crippen molar-refractivity contribution in [2.45, 2.75) is 19.9 Å². The zero-order chi connectivity index (χ0) is 27.4. The Morgan fingerprint density at radius 2 is 1.89 bits per heavy atom. The van der Waals surface area contributed by atoms with E-state index in [1.807, 2.05) is 0 Å². The third-order valence-electron chi connectivity index (χ3n) is 5.76. The van der Waals surface area contributed by atoms with Gasteiger partial charge in [0.1, 0.15) is 5.75 Å². The molecule has 2 aromatic carbocycles. The van der Waals surface area contributed by atoms with Gasteiger partial charge in [-0.05, 0) is 55.3 Å². The molecule has 3 aromatic rings. The summed E-state index contributed by atoms with van der Waals surface area (Å²) >= 11 is 1.18. The number of carbonyl (C=O) groups is 2. The Balaban J connectivity index is 1.89. The molecule has 0 unspecified atom stereocenters. The highest BCUT2D eigenvalue weighted by molar-refractivity contribution is 7.07. The molecule has 1 atom stereocenters. The third kappa shape index (κ3) is 5.32. The van der Waals surface area contributed by atoms with Crippen LogP contribution >= 0.6 is 11.3 Å². The predicted molar refractivity (Wildman–Crippen MR) is 140 cm³/mol. The van der Waals surface area contributed by atoms with Crippen molar-refractivity contribution in [1.29, 1.82) is 0 Å². The van der Waals surface area contributed by atoms with E-state index in [0.29, 0.717) is 43.4 Å². The van der Waals surface area contributed by atoms with Crippen LogP contribution in [0, 0.1) is 0 Å². The van der Waals surface area contributed by atoms with E-state index in [-0.39, 0.29) is 17.7 Å². The van der Waals surface area contributed by atoms with Crippen LogP contribution in [0.2, 0.25) is 0 Å². The molecule has 2 heterocycles. The van der Waals surface area contributed by atoms with Gasteiger partial charge in [0, 0.05) is 0 Å². The highest BCUT2D eigenvalue weighted by Crippen LogP contribution is 2.36. The molecule has 0 spiro atoms. The van der Waals surface area contributed by atoms with E-state index in [0.717, 1.165) is 0 Å². The fourth-order valence-electron chi connectivity index (χ4n) is 4.12. The van der Waals surface area contributed by atoms with Crippen molar-refractivity contribution in [2.24, 2.45) is 4.99 Å². The molecule has 4 rings (SSSR count). The molecule has 1 aromatic heterocycles. The highest BCUT2D eigenvalue weighted by Gasteiger charge is 2.33. The van der Waals surface area contributed by atoms with Crippen molar-refractivity contribution < 1.29 is 33.6 Å². The number of hydrogen-bond acceptors (Lipinski definition) is 9. The summed E-state index contributed by atoms with van der Waals surface area (Å²) in [4.78, 5) is 42.6. The lowest BCUT2D eigenvalue weighted by Gasteiger charge is -2.25. The second-order valence-corrected chi connectivity index (χ2v) is 9.18. The molecular formula is C27H26N2O8S. The maximum Gasteiger partial charge on any atom is 0.341 e. The quantitative estimate of drug-likeness (QED) is 0.412. The predicted octanol–water partition coefficient (Wildman–Crippen LogP) is 2.28. The fourth-order valence-corrected chi connectivity index (χ4v) is 5.17. The Bertz CT molecular complexity index is 1600. The van der Waals surface area contributed by atoms with Crippen molar-refractivity contribution >= 4 is 29.4 Å². The molecule has 198 valence electrons. The van der Waals surface area contributed by atoms with Gasteiger partial charge in [-0.3, -0.25) is 9.36 Å². The van der Waals surface area contributed by atoms with Crippen molar-refractivity contribution in [1.82, 2.24) is 4.57 Å². The summed E-state index contributed by atoms with van der Waals surface area (Å²) in [6, 6.07) is 11.1. The number of rotatable bonds is 9. The van der Waals surface area contributed by atoms with Crippen LogP contribution in [0.5, 0.6) is 17.2 Å². The van der Waals surface area contributed by atoms with Gasteiger partial charge in [0.15, 0.2) is 22.9 Å². The Labute approximate surface area is 221 Å². The number of aromatic nitrogens is 1. The molecule has 0 bridgehead atoms. The van der Waals surface area contributed by atoms with Crippen LogP contribution in [-0.2, 0) is 14.3 Å². The van der Waals surface area contributed by atoms with Gasteiger partial charge < -0.3 is 24.1 Å². The number of thiazole rings is 1. The van der Waals surface area contributed by atoms with Gasteiger partial charge in [-0.15, -0.1) is 0 Å². The average molecular weight is 539 g/mol. The van der Waals surface area contributed by atoms with Crippen molar-refractivity contribution in [2.75, 3.05) is 27.4 Å². The number of carbonyl (C=O) groups excluding carboxylic acids is 1. The van der Waals surface area contributed by atoms with Crippen molar-refractivity contribution in [3.63, 3.8) is 0 Å². The molecule has 0 radical (unpaired) electrons. The molecule has 1 aliphatic rings. The van der Waals surface area contributed by atoms with E-state index in [4.69, 9.17) is 24.1 Å². The van der Waals surface area contributed by atoms with Crippen molar-refractivity contribution in [3.8, 4) is 17.2 Å². The number of carboxylic acids is 1. The lowest BCUT2D eigenvalue weighted by Crippen LogP contribution is -2.39. The molecule has 0 saturated carbocycles. The molecule has 1 aliphatic heterocycles. The number of benzene rings is 2. The molecule has 11 heteroatoms. The first kappa shape index (κ1) is 26.7. The summed E-state index contributed by atoms with van der Waals surface area (Å²) in [5.41, 5.74) is 1.61. The second-order valence-electron chi connectivity index (χ2n) is 8.17. The minimum Gasteiger partial charge on any atom is -0.493 e. The molecular weight excluding hydrogens is 512 g/mol. The lowest BCUT2D eigenvalue weighted by molar-refractivity contribution is -0.140. The number of fused-ring (bicyclic) bond motifs is 1. The number of methoxy groups -OCH3 is 2. The summed E-state index contributed by atoms with van der Waals surface area (Å²) in [7, 11) is 3.03. The largest absolute Gasteiger partial charge is 0.493 e. The molecule has 38 heavy (non-hydrogen) atoms. The average Bonchev–Trinajstić information content (AvgIpc) is 3.20. The summed E-state index contributed by atoms with van der Waals surface area (Å²) in [5, 5.41) is 8.87. The summed E-state index contributed by atoms with van der Waals surface area (Å²) in [5.74, 6) is -0.342. The Morgan fingerprint density at radius 3 is 2.58 bits per heavy atom. The normalized spacial score (nSPS) is 14.9. The highest BCUT2D eigenvalue weighted by atomic mass is 32.1. The van der Waals surface area contributed by atoms with Crippen LogP contribution in [0.25, 0.3) is 6.08 Å². The molecule has 10 nitrogen and oxygen atoms in total. The minimum atomic E-state index is -1.09. The van der Waals surface area contributed by atoms with Gasteiger partial charge in [-0.2, -0.15) is 0 Å². The van der Waals surface area contributed by atoms with Gasteiger partial charge in [0.25, 0.3) is 5.56 Å². The van der Waals surface area contributed by atoms with Crippen molar-refractivity contribution in [3.05, 3.63) is 84.5 Å². The van der Waals surface area contributed by atoms with E-state index in [1.54, 1.807) is 62.4 Å². The van der Waals surface area contributed by atoms with E-state index in [9.17, 15) is 14.4 Å². The molecule has 0 aliphatic carbocycles. The Morgan fingerprint density at radius 1 is 1.13 bits per heavy atom. The smallest absolute Gasteiger partial charge is 0.341 e. The van der Waals surface area contributed by atoms with Gasteiger partial charge in [0.2, 0.25) is 0 Å². The fraction of sp³-hybridized carbons (Fsp3) is 0.259. The first-order valence-corrected chi connectivity index (χ1v) is 12.4. The van der Waals surface area contributed by atoms with Crippen LogP contribution in [0.4, 0.5) is 0 Å². The number of aliphatic carboxylic acids is 1. The van der Waals surface area contributed by atoms with Gasteiger partial charge >= 0.3 is 11.9 Å². The first-order valence-electron chi connectivity index (χ1n) is 11.6. The Hall–Kier alpha value is -4.38. The van der Waals surface area contributed by atoms with Crippen LogP contribution in [0.15, 0.2) is 63.5 Å². The Kier molecular flexibility index (Phi) is 7.96. The summed E-state index contributed by atoms with van der Waals surface area (Å²) in [6.07, 6.45) is 1.67. The van der Waals surface area contributed by atoms with Crippen LogP contribution in [-0.4, -0.2) is 49.0 Å².